The van der Waals surface area contributed by atoms with Gasteiger partial charge < -0.3 is 9.73 Å². The average molecular weight is 269 g/mol. The minimum Gasteiger partial charge on any atom is -0.407 e. The molecule has 0 amide bonds. The summed E-state index contributed by atoms with van der Waals surface area (Å²) < 4.78 is 29.4. The van der Waals surface area contributed by atoms with Gasteiger partial charge in [-0.2, -0.15) is 0 Å². The maximum atomic E-state index is 11.1. The van der Waals surface area contributed by atoms with E-state index in [-0.39, 0.29) is 23.7 Å². The van der Waals surface area contributed by atoms with Crippen molar-refractivity contribution in [2.75, 3.05) is 24.7 Å². The first-order valence-corrected chi connectivity index (χ1v) is 6.66. The lowest BCUT2D eigenvalue weighted by Gasteiger charge is -2.01. The molecule has 0 spiro atoms. The van der Waals surface area contributed by atoms with Gasteiger partial charge in [0.05, 0.1) is 5.75 Å². The van der Waals surface area contributed by atoms with Crippen LogP contribution in [0.1, 0.15) is 18.2 Å². The van der Waals surface area contributed by atoms with Crippen LogP contribution in [0.15, 0.2) is 4.42 Å². The maximum absolute atomic E-state index is 11.1. The topological polar surface area (TPSA) is 97.1 Å². The monoisotopic (exact) mass is 268 g/mol. The molecule has 9 heteroatoms. The molecule has 0 radical (unpaired) electrons. The molecule has 7 nitrogen and oxygen atoms in total. The van der Waals surface area contributed by atoms with Crippen LogP contribution < -0.4 is 10.0 Å². The molecule has 16 heavy (non-hydrogen) atoms. The zero-order valence-electron chi connectivity index (χ0n) is 8.90. The summed E-state index contributed by atoms with van der Waals surface area (Å²) >= 11 is 5.72. The third-order valence-electron chi connectivity index (χ3n) is 1.74. The molecule has 1 aromatic rings. The first-order valence-electron chi connectivity index (χ1n) is 4.57. The molecule has 2 N–H and O–H groups in total. The lowest BCUT2D eigenvalue weighted by atomic mass is 10.5. The molecular weight excluding hydrogens is 256 g/mol. The molecule has 0 saturated heterocycles. The Morgan fingerprint density at radius 1 is 1.50 bits per heavy atom. The number of nitrogens with zero attached hydrogens (tertiary/aromatic N) is 2. The van der Waals surface area contributed by atoms with Gasteiger partial charge in [-0.3, -0.25) is 0 Å². The largest absolute Gasteiger partial charge is 0.407 e. The van der Waals surface area contributed by atoms with Crippen LogP contribution in [0, 0.1) is 0 Å². The molecular formula is C7H13ClN4O3S. The van der Waals surface area contributed by atoms with E-state index in [1.807, 2.05) is 0 Å². The maximum Gasteiger partial charge on any atom is 0.315 e. The molecule has 0 aliphatic carbocycles. The van der Waals surface area contributed by atoms with Gasteiger partial charge in [0.2, 0.25) is 15.9 Å². The van der Waals surface area contributed by atoms with Crippen LogP contribution in [0.25, 0.3) is 0 Å². The molecule has 0 saturated carbocycles. The zero-order chi connectivity index (χ0) is 12.2. The SMILES string of the molecule is CNS(=O)(=O)CCNc1nnc(C(C)Cl)o1. The van der Waals surface area contributed by atoms with Gasteiger partial charge in [0, 0.05) is 6.54 Å². The fourth-order valence-electron chi connectivity index (χ4n) is 0.861. The van der Waals surface area contributed by atoms with E-state index in [1.165, 1.54) is 7.05 Å². The second-order valence-corrected chi connectivity index (χ2v) is 5.71. The normalized spacial score (nSPS) is 13.7. The Hall–Kier alpha value is -0.860. The van der Waals surface area contributed by atoms with Crippen molar-refractivity contribution < 1.29 is 12.8 Å². The van der Waals surface area contributed by atoms with Crippen molar-refractivity contribution in [3.63, 3.8) is 0 Å². The molecule has 0 fully saturated rings. The van der Waals surface area contributed by atoms with E-state index in [0.717, 1.165) is 0 Å². The Balaban J connectivity index is 2.43. The van der Waals surface area contributed by atoms with Crippen molar-refractivity contribution in [3.8, 4) is 0 Å². The lowest BCUT2D eigenvalue weighted by molar-refractivity contribution is 0.506. The number of aromatic nitrogens is 2. The number of rotatable bonds is 6. The molecule has 0 aliphatic rings. The van der Waals surface area contributed by atoms with Gasteiger partial charge in [0.25, 0.3) is 0 Å². The average Bonchev–Trinajstić information content (AvgIpc) is 2.66. The number of nitrogens with one attached hydrogen (secondary N) is 2. The Morgan fingerprint density at radius 3 is 2.69 bits per heavy atom. The fraction of sp³-hybridized carbons (Fsp3) is 0.714. The van der Waals surface area contributed by atoms with Crippen molar-refractivity contribution in [2.45, 2.75) is 12.3 Å². The van der Waals surface area contributed by atoms with Gasteiger partial charge in [-0.25, -0.2) is 13.1 Å². The lowest BCUT2D eigenvalue weighted by Crippen LogP contribution is -2.26. The van der Waals surface area contributed by atoms with Crippen LogP contribution in [0.3, 0.4) is 0 Å². The number of hydrogen-bond acceptors (Lipinski definition) is 6. The van der Waals surface area contributed by atoms with E-state index < -0.39 is 10.0 Å². The molecule has 1 atom stereocenters. The minimum atomic E-state index is -3.23. The minimum absolute atomic E-state index is 0.0718. The molecule has 92 valence electrons. The van der Waals surface area contributed by atoms with Crippen molar-refractivity contribution >= 4 is 27.6 Å². The molecule has 1 aromatic heterocycles. The zero-order valence-corrected chi connectivity index (χ0v) is 10.5. The van der Waals surface area contributed by atoms with Crippen molar-refractivity contribution in [1.29, 1.82) is 0 Å². The third-order valence-corrected chi connectivity index (χ3v) is 3.29. The summed E-state index contributed by atoms with van der Waals surface area (Å²) in [6.07, 6.45) is 0. The highest BCUT2D eigenvalue weighted by Crippen LogP contribution is 2.18. The summed E-state index contributed by atoms with van der Waals surface area (Å²) in [6, 6.07) is 0.161. The van der Waals surface area contributed by atoms with E-state index in [0.29, 0.717) is 5.89 Å². The van der Waals surface area contributed by atoms with Crippen LogP contribution in [-0.4, -0.2) is 38.0 Å². The molecule has 0 aromatic carbocycles. The smallest absolute Gasteiger partial charge is 0.315 e. The van der Waals surface area contributed by atoms with Crippen molar-refractivity contribution in [1.82, 2.24) is 14.9 Å². The van der Waals surface area contributed by atoms with E-state index in [4.69, 9.17) is 16.0 Å². The van der Waals surface area contributed by atoms with Gasteiger partial charge in [0.15, 0.2) is 0 Å². The predicted octanol–water partition coefficient (Wildman–Crippen LogP) is 0.330. The van der Waals surface area contributed by atoms with E-state index in [2.05, 4.69) is 20.2 Å². The van der Waals surface area contributed by atoms with Crippen molar-refractivity contribution in [2.24, 2.45) is 0 Å². The molecule has 0 bridgehead atoms. The molecule has 1 unspecified atom stereocenters. The highest BCUT2D eigenvalue weighted by Gasteiger charge is 2.11. The van der Waals surface area contributed by atoms with Crippen LogP contribution >= 0.6 is 11.6 Å². The number of hydrogen-bond donors (Lipinski definition) is 2. The van der Waals surface area contributed by atoms with Crippen LogP contribution in [-0.2, 0) is 10.0 Å². The van der Waals surface area contributed by atoms with Crippen LogP contribution in [0.5, 0.6) is 0 Å². The van der Waals surface area contributed by atoms with Crippen molar-refractivity contribution in [3.05, 3.63) is 5.89 Å². The summed E-state index contributed by atoms with van der Waals surface area (Å²) in [5.41, 5.74) is 0. The van der Waals surface area contributed by atoms with E-state index in [9.17, 15) is 8.42 Å². The van der Waals surface area contributed by atoms with E-state index >= 15 is 0 Å². The van der Waals surface area contributed by atoms with Gasteiger partial charge in [-0.1, -0.05) is 5.10 Å². The van der Waals surface area contributed by atoms with Gasteiger partial charge in [-0.15, -0.1) is 16.7 Å². The van der Waals surface area contributed by atoms with Gasteiger partial charge in [-0.05, 0) is 14.0 Å². The number of anilines is 1. The van der Waals surface area contributed by atoms with E-state index in [1.54, 1.807) is 6.92 Å². The molecule has 0 aliphatic heterocycles. The third kappa shape index (κ3) is 3.95. The highest BCUT2D eigenvalue weighted by atomic mass is 35.5. The first kappa shape index (κ1) is 13.2. The molecule has 1 rings (SSSR count). The van der Waals surface area contributed by atoms with Crippen LogP contribution in [0.2, 0.25) is 0 Å². The number of alkyl halides is 1. The standard InChI is InChI=1S/C7H13ClN4O3S/c1-5(8)6-11-12-7(15-6)10-3-4-16(13,14)9-2/h5,9H,3-4H2,1-2H3,(H,10,12). The van der Waals surface area contributed by atoms with Gasteiger partial charge in [0.1, 0.15) is 5.38 Å². The second-order valence-electron chi connectivity index (χ2n) is 3.01. The Bertz CT molecular complexity index is 431. The van der Waals surface area contributed by atoms with Gasteiger partial charge >= 0.3 is 6.01 Å². The second kappa shape index (κ2) is 5.46. The Morgan fingerprint density at radius 2 is 2.19 bits per heavy atom. The quantitative estimate of drug-likeness (QED) is 0.722. The highest BCUT2D eigenvalue weighted by molar-refractivity contribution is 7.89. The summed E-state index contributed by atoms with van der Waals surface area (Å²) in [4.78, 5) is 0. The summed E-state index contributed by atoms with van der Waals surface area (Å²) in [6.45, 7) is 1.88. The fourth-order valence-corrected chi connectivity index (χ4v) is 1.52. The summed E-state index contributed by atoms with van der Waals surface area (Å²) in [5, 5.41) is 9.65. The summed E-state index contributed by atoms with van der Waals surface area (Å²) in [7, 11) is -1.87. The number of halogens is 1. The predicted molar refractivity (Wildman–Crippen MR) is 59.9 cm³/mol. The first-order chi connectivity index (χ1) is 7.44. The number of sulfonamides is 1. The molecule has 1 heterocycles. The Labute approximate surface area is 98.6 Å². The Kier molecular flexibility index (Phi) is 4.51. The summed E-state index contributed by atoms with van der Waals surface area (Å²) in [5.74, 6) is 0.220. The van der Waals surface area contributed by atoms with Crippen LogP contribution in [0.4, 0.5) is 6.01 Å².